The van der Waals surface area contributed by atoms with Gasteiger partial charge in [0.15, 0.2) is 11.5 Å². The molecule has 2 rings (SSSR count). The lowest BCUT2D eigenvalue weighted by Gasteiger charge is -2.10. The van der Waals surface area contributed by atoms with Crippen LogP contribution in [0.5, 0.6) is 17.2 Å². The van der Waals surface area contributed by atoms with Crippen LogP contribution in [0.3, 0.4) is 0 Å². The standard InChI is InChI=1S/C20H18N2O5/c1-13(23)27-18-9-8-14(11-19(18)26-3)10-15(12-21)20(24)22-16-6-4-5-7-17(16)25-2/h4-11H,1-3H3,(H,22,24)/b15-10+. The van der Waals surface area contributed by atoms with Gasteiger partial charge in [-0.2, -0.15) is 5.26 Å². The number of hydrogen-bond acceptors (Lipinski definition) is 6. The Kier molecular flexibility index (Phi) is 6.55. The number of nitrogens with one attached hydrogen (secondary N) is 1. The van der Waals surface area contributed by atoms with Gasteiger partial charge in [-0.15, -0.1) is 0 Å². The van der Waals surface area contributed by atoms with Crippen LogP contribution in [-0.4, -0.2) is 26.1 Å². The quantitative estimate of drug-likeness (QED) is 0.365. The van der Waals surface area contributed by atoms with Crippen LogP contribution >= 0.6 is 0 Å². The van der Waals surface area contributed by atoms with Crippen molar-refractivity contribution in [3.05, 3.63) is 53.6 Å². The van der Waals surface area contributed by atoms with E-state index in [0.717, 1.165) is 0 Å². The molecule has 7 nitrogen and oxygen atoms in total. The third-order valence-corrected chi connectivity index (χ3v) is 3.47. The zero-order valence-corrected chi connectivity index (χ0v) is 15.1. The van der Waals surface area contributed by atoms with Crippen LogP contribution in [-0.2, 0) is 9.59 Å². The number of benzene rings is 2. The van der Waals surface area contributed by atoms with Crippen molar-refractivity contribution < 1.29 is 23.8 Å². The third-order valence-electron chi connectivity index (χ3n) is 3.47. The molecule has 0 saturated heterocycles. The fourth-order valence-corrected chi connectivity index (χ4v) is 2.27. The summed E-state index contributed by atoms with van der Waals surface area (Å²) >= 11 is 0. The average molecular weight is 366 g/mol. The molecule has 0 aliphatic rings. The van der Waals surface area contributed by atoms with E-state index in [-0.39, 0.29) is 11.3 Å². The van der Waals surface area contributed by atoms with E-state index in [0.29, 0.717) is 22.7 Å². The molecule has 0 heterocycles. The minimum absolute atomic E-state index is 0.108. The Morgan fingerprint density at radius 3 is 2.37 bits per heavy atom. The first kappa shape index (κ1) is 19.5. The predicted octanol–water partition coefficient (Wildman–Crippen LogP) is 3.17. The molecular weight excluding hydrogens is 348 g/mol. The Bertz CT molecular complexity index is 928. The molecule has 0 atom stereocenters. The van der Waals surface area contributed by atoms with Crippen LogP contribution in [0.25, 0.3) is 6.08 Å². The summed E-state index contributed by atoms with van der Waals surface area (Å²) in [5, 5.41) is 12.0. The Balaban J connectivity index is 2.28. The lowest BCUT2D eigenvalue weighted by Crippen LogP contribution is -2.14. The van der Waals surface area contributed by atoms with Crippen LogP contribution in [0.1, 0.15) is 12.5 Å². The van der Waals surface area contributed by atoms with Crippen LogP contribution in [0.4, 0.5) is 5.69 Å². The van der Waals surface area contributed by atoms with Gasteiger partial charge >= 0.3 is 5.97 Å². The average Bonchev–Trinajstić information content (AvgIpc) is 2.66. The summed E-state index contributed by atoms with van der Waals surface area (Å²) in [7, 11) is 2.92. The molecule has 0 aromatic heterocycles. The monoisotopic (exact) mass is 366 g/mol. The number of ether oxygens (including phenoxy) is 3. The number of nitriles is 1. The number of nitrogens with zero attached hydrogens (tertiary/aromatic N) is 1. The van der Waals surface area contributed by atoms with Gasteiger partial charge in [-0.3, -0.25) is 9.59 Å². The van der Waals surface area contributed by atoms with Gasteiger partial charge in [0.1, 0.15) is 17.4 Å². The summed E-state index contributed by atoms with van der Waals surface area (Å²) in [5.74, 6) is -0.0217. The van der Waals surface area contributed by atoms with E-state index in [1.807, 2.05) is 6.07 Å². The summed E-state index contributed by atoms with van der Waals surface area (Å²) in [6.45, 7) is 1.28. The van der Waals surface area contributed by atoms with E-state index in [2.05, 4.69) is 5.32 Å². The van der Waals surface area contributed by atoms with Crippen LogP contribution in [0.15, 0.2) is 48.0 Å². The van der Waals surface area contributed by atoms with Crippen LogP contribution in [0.2, 0.25) is 0 Å². The molecule has 2 aromatic carbocycles. The van der Waals surface area contributed by atoms with Crippen molar-refractivity contribution in [2.45, 2.75) is 6.92 Å². The first-order valence-electron chi connectivity index (χ1n) is 7.91. The first-order chi connectivity index (χ1) is 13.0. The van der Waals surface area contributed by atoms with E-state index in [1.165, 1.54) is 33.3 Å². The number of esters is 1. The number of rotatable bonds is 6. The van der Waals surface area contributed by atoms with Crippen molar-refractivity contribution in [1.82, 2.24) is 0 Å². The fraction of sp³-hybridized carbons (Fsp3) is 0.150. The number of hydrogen-bond donors (Lipinski definition) is 1. The van der Waals surface area contributed by atoms with E-state index in [1.54, 1.807) is 36.4 Å². The van der Waals surface area contributed by atoms with Gasteiger partial charge in [0, 0.05) is 6.92 Å². The Morgan fingerprint density at radius 2 is 1.74 bits per heavy atom. The van der Waals surface area contributed by atoms with Crippen molar-refractivity contribution >= 4 is 23.6 Å². The number of para-hydroxylation sites is 2. The number of amides is 1. The molecule has 0 fully saturated rings. The molecule has 0 saturated carbocycles. The Morgan fingerprint density at radius 1 is 1.04 bits per heavy atom. The molecule has 0 aliphatic carbocycles. The maximum absolute atomic E-state index is 12.4. The van der Waals surface area contributed by atoms with Gasteiger partial charge < -0.3 is 19.5 Å². The number of methoxy groups -OCH3 is 2. The first-order valence-corrected chi connectivity index (χ1v) is 7.91. The number of anilines is 1. The van der Waals surface area contributed by atoms with Crippen molar-refractivity contribution in [3.8, 4) is 23.3 Å². The molecule has 1 amide bonds. The third kappa shape index (κ3) is 5.09. The van der Waals surface area contributed by atoms with E-state index < -0.39 is 11.9 Å². The SMILES string of the molecule is COc1ccccc1NC(=O)/C(C#N)=C/c1ccc(OC(C)=O)c(OC)c1. The normalized spacial score (nSPS) is 10.5. The van der Waals surface area contributed by atoms with Crippen molar-refractivity contribution in [2.24, 2.45) is 0 Å². The highest BCUT2D eigenvalue weighted by Gasteiger charge is 2.13. The molecule has 7 heteroatoms. The predicted molar refractivity (Wildman–Crippen MR) is 99.5 cm³/mol. The van der Waals surface area contributed by atoms with Gasteiger partial charge in [0.05, 0.1) is 19.9 Å². The number of carbonyl (C=O) groups is 2. The van der Waals surface area contributed by atoms with Gasteiger partial charge in [-0.25, -0.2) is 0 Å². The zero-order valence-electron chi connectivity index (χ0n) is 15.1. The Hall–Kier alpha value is -3.79. The van der Waals surface area contributed by atoms with Crippen LogP contribution < -0.4 is 19.5 Å². The van der Waals surface area contributed by atoms with Crippen LogP contribution in [0, 0.1) is 11.3 Å². The lowest BCUT2D eigenvalue weighted by atomic mass is 10.1. The van der Waals surface area contributed by atoms with E-state index in [9.17, 15) is 14.9 Å². The van der Waals surface area contributed by atoms with Crippen molar-refractivity contribution in [1.29, 1.82) is 5.26 Å². The Labute approximate surface area is 156 Å². The van der Waals surface area contributed by atoms with Gasteiger partial charge in [-0.05, 0) is 35.9 Å². The molecule has 0 unspecified atom stereocenters. The van der Waals surface area contributed by atoms with Crippen molar-refractivity contribution in [3.63, 3.8) is 0 Å². The fourth-order valence-electron chi connectivity index (χ4n) is 2.27. The second-order valence-electron chi connectivity index (χ2n) is 5.33. The zero-order chi connectivity index (χ0) is 19.8. The summed E-state index contributed by atoms with van der Waals surface area (Å²) < 4.78 is 15.4. The van der Waals surface area contributed by atoms with Crippen molar-refractivity contribution in [2.75, 3.05) is 19.5 Å². The molecule has 0 bridgehead atoms. The highest BCUT2D eigenvalue weighted by molar-refractivity contribution is 6.10. The van der Waals surface area contributed by atoms with E-state index >= 15 is 0 Å². The van der Waals surface area contributed by atoms with E-state index in [4.69, 9.17) is 14.2 Å². The highest BCUT2D eigenvalue weighted by atomic mass is 16.6. The van der Waals surface area contributed by atoms with Gasteiger partial charge in [-0.1, -0.05) is 18.2 Å². The molecule has 138 valence electrons. The van der Waals surface area contributed by atoms with Gasteiger partial charge in [0.2, 0.25) is 0 Å². The molecule has 0 aliphatic heterocycles. The largest absolute Gasteiger partial charge is 0.495 e. The smallest absolute Gasteiger partial charge is 0.308 e. The topological polar surface area (TPSA) is 97.6 Å². The summed E-state index contributed by atoms with van der Waals surface area (Å²) in [6.07, 6.45) is 1.41. The molecule has 1 N–H and O–H groups in total. The maximum atomic E-state index is 12.4. The lowest BCUT2D eigenvalue weighted by molar-refractivity contribution is -0.132. The molecule has 2 aromatic rings. The molecule has 27 heavy (non-hydrogen) atoms. The molecule has 0 radical (unpaired) electrons. The number of carbonyl (C=O) groups excluding carboxylic acids is 2. The highest BCUT2D eigenvalue weighted by Crippen LogP contribution is 2.29. The summed E-state index contributed by atoms with van der Waals surface area (Å²) in [6, 6.07) is 13.4. The minimum Gasteiger partial charge on any atom is -0.495 e. The maximum Gasteiger partial charge on any atom is 0.308 e. The second-order valence-corrected chi connectivity index (χ2v) is 5.33. The molecular formula is C20H18N2O5. The second kappa shape index (κ2) is 9.06. The van der Waals surface area contributed by atoms with Gasteiger partial charge in [0.25, 0.3) is 5.91 Å². The minimum atomic E-state index is -0.579. The summed E-state index contributed by atoms with van der Waals surface area (Å²) in [5.41, 5.74) is 0.881. The molecule has 0 spiro atoms. The summed E-state index contributed by atoms with van der Waals surface area (Å²) in [4.78, 5) is 23.5.